The van der Waals surface area contributed by atoms with Gasteiger partial charge in [-0.15, -0.1) is 0 Å². The van der Waals surface area contributed by atoms with Gasteiger partial charge in [-0.2, -0.15) is 0 Å². The lowest BCUT2D eigenvalue weighted by atomic mass is 9.84. The Bertz CT molecular complexity index is 4010. The summed E-state index contributed by atoms with van der Waals surface area (Å²) in [4.78, 5) is 2.38. The average molecular weight is 891 g/mol. The number of anilines is 3. The molecule has 1 heterocycles. The first-order valence-electron chi connectivity index (χ1n) is 24.1. The first kappa shape index (κ1) is 41.0. The molecule has 0 aliphatic rings. The van der Waals surface area contributed by atoms with E-state index in [1.165, 1.54) is 87.9 Å². The van der Waals surface area contributed by atoms with Gasteiger partial charge in [0.05, 0.1) is 11.0 Å². The van der Waals surface area contributed by atoms with Crippen LogP contribution in [0.5, 0.6) is 0 Å². The summed E-state index contributed by atoms with van der Waals surface area (Å²) in [6, 6.07) is 102. The summed E-state index contributed by atoms with van der Waals surface area (Å²) in [6.45, 7) is 0. The lowest BCUT2D eigenvalue weighted by Crippen LogP contribution is -2.10. The predicted molar refractivity (Wildman–Crippen MR) is 298 cm³/mol. The van der Waals surface area contributed by atoms with Crippen molar-refractivity contribution in [1.82, 2.24) is 4.57 Å². The van der Waals surface area contributed by atoms with E-state index in [0.29, 0.717) is 0 Å². The molecule has 0 bridgehead atoms. The van der Waals surface area contributed by atoms with Gasteiger partial charge in [-0.25, -0.2) is 0 Å². The zero-order chi connectivity index (χ0) is 46.4. The number of hydrogen-bond donors (Lipinski definition) is 0. The van der Waals surface area contributed by atoms with Gasteiger partial charge in [-0.1, -0.05) is 218 Å². The van der Waals surface area contributed by atoms with Gasteiger partial charge < -0.3 is 9.47 Å². The van der Waals surface area contributed by atoms with Gasteiger partial charge in [0.25, 0.3) is 0 Å². The summed E-state index contributed by atoms with van der Waals surface area (Å²) in [6.07, 6.45) is 0. The van der Waals surface area contributed by atoms with E-state index in [9.17, 15) is 0 Å². The fraction of sp³-hybridized carbons (Fsp3) is 0. The maximum Gasteiger partial charge on any atom is 0.0619 e. The lowest BCUT2D eigenvalue weighted by Gasteiger charge is -2.26. The molecule has 0 radical (unpaired) electrons. The molecule has 0 saturated heterocycles. The summed E-state index contributed by atoms with van der Waals surface area (Å²) >= 11 is 0. The molecule has 0 unspecified atom stereocenters. The quantitative estimate of drug-likeness (QED) is 0.131. The SMILES string of the molecule is c1ccc(-c2cccc(N(c3ccc(-c4ccc5c(c4)c(-c4ccccc4)c(-c4ccccc4)c4ccccc45)cc3)c3ccc(-c4cccc5c6ccccc6n(-c6ccccc6)c45)cc3)c2)cc1. The molecule has 0 aliphatic carbocycles. The molecule has 70 heavy (non-hydrogen) atoms. The van der Waals surface area contributed by atoms with Gasteiger partial charge in [-0.3, -0.25) is 0 Å². The Morgan fingerprint density at radius 2 is 0.700 bits per heavy atom. The van der Waals surface area contributed by atoms with Crippen molar-refractivity contribution in [3.05, 3.63) is 279 Å². The number of benzene rings is 12. The topological polar surface area (TPSA) is 8.17 Å². The lowest BCUT2D eigenvalue weighted by molar-refractivity contribution is 1.18. The van der Waals surface area contributed by atoms with Crippen molar-refractivity contribution in [1.29, 1.82) is 0 Å². The number of hydrogen-bond acceptors (Lipinski definition) is 1. The molecule has 0 amide bonds. The highest BCUT2D eigenvalue weighted by Crippen LogP contribution is 2.46. The first-order valence-corrected chi connectivity index (χ1v) is 24.1. The average Bonchev–Trinajstić information content (AvgIpc) is 3.79. The van der Waals surface area contributed by atoms with E-state index < -0.39 is 0 Å². The van der Waals surface area contributed by atoms with Crippen LogP contribution in [0.25, 0.3) is 105 Å². The monoisotopic (exact) mass is 890 g/mol. The third-order valence-electron chi connectivity index (χ3n) is 14.0. The molecule has 0 N–H and O–H groups in total. The molecule has 328 valence electrons. The second-order valence-corrected chi connectivity index (χ2v) is 18.0. The van der Waals surface area contributed by atoms with Gasteiger partial charge in [0, 0.05) is 39.1 Å². The molecule has 0 spiro atoms. The van der Waals surface area contributed by atoms with Crippen LogP contribution in [-0.4, -0.2) is 4.57 Å². The van der Waals surface area contributed by atoms with E-state index in [0.717, 1.165) is 33.9 Å². The van der Waals surface area contributed by atoms with Gasteiger partial charge >= 0.3 is 0 Å². The maximum absolute atomic E-state index is 2.42. The third-order valence-corrected chi connectivity index (χ3v) is 14.0. The van der Waals surface area contributed by atoms with E-state index in [2.05, 4.69) is 289 Å². The van der Waals surface area contributed by atoms with Crippen LogP contribution in [0.3, 0.4) is 0 Å². The van der Waals surface area contributed by atoms with Crippen LogP contribution >= 0.6 is 0 Å². The summed E-state index contributed by atoms with van der Waals surface area (Å²) in [5.41, 5.74) is 18.8. The van der Waals surface area contributed by atoms with E-state index >= 15 is 0 Å². The molecule has 0 fully saturated rings. The standard InChI is InChI=1S/C68H46N2/c1-5-19-47(20-6-1)52-25-17-28-57(45-52)69(56-42-37-49(38-43-56)58-32-18-33-63-61-30-15-16-34-65(61)70(68(58)63)54-26-11-4-12-27-54)55-40-35-48(36-41-55)53-39-44-60-59-29-13-14-31-62(59)66(50-21-7-2-8-22-50)67(64(60)46-53)51-23-9-3-10-24-51/h1-46H. The summed E-state index contributed by atoms with van der Waals surface area (Å²) in [7, 11) is 0. The first-order chi connectivity index (χ1) is 34.7. The highest BCUT2D eigenvalue weighted by molar-refractivity contribution is 6.22. The summed E-state index contributed by atoms with van der Waals surface area (Å²) < 4.78 is 2.42. The number of fused-ring (bicyclic) bond motifs is 6. The Morgan fingerprint density at radius 3 is 1.37 bits per heavy atom. The van der Waals surface area contributed by atoms with E-state index in [-0.39, 0.29) is 0 Å². The Balaban J connectivity index is 0.941. The van der Waals surface area contributed by atoms with Gasteiger partial charge in [0.15, 0.2) is 0 Å². The normalized spacial score (nSPS) is 11.4. The van der Waals surface area contributed by atoms with Crippen LogP contribution < -0.4 is 4.90 Å². The largest absolute Gasteiger partial charge is 0.310 e. The highest BCUT2D eigenvalue weighted by atomic mass is 15.1. The van der Waals surface area contributed by atoms with Crippen molar-refractivity contribution < 1.29 is 0 Å². The maximum atomic E-state index is 2.42. The van der Waals surface area contributed by atoms with E-state index in [1.807, 2.05) is 0 Å². The molecule has 0 saturated carbocycles. The molecule has 13 rings (SSSR count). The van der Waals surface area contributed by atoms with Crippen molar-refractivity contribution in [3.8, 4) is 61.3 Å². The number of aromatic nitrogens is 1. The van der Waals surface area contributed by atoms with Gasteiger partial charge in [0.2, 0.25) is 0 Å². The van der Waals surface area contributed by atoms with Crippen LogP contribution in [0.1, 0.15) is 0 Å². The Hall–Kier alpha value is -9.24. The fourth-order valence-corrected chi connectivity index (χ4v) is 10.8. The van der Waals surface area contributed by atoms with Crippen LogP contribution in [0.4, 0.5) is 17.1 Å². The highest BCUT2D eigenvalue weighted by Gasteiger charge is 2.21. The minimum absolute atomic E-state index is 1.08. The van der Waals surface area contributed by atoms with Crippen molar-refractivity contribution >= 4 is 60.4 Å². The van der Waals surface area contributed by atoms with Gasteiger partial charge in [-0.05, 0) is 132 Å². The van der Waals surface area contributed by atoms with E-state index in [1.54, 1.807) is 0 Å². The van der Waals surface area contributed by atoms with Crippen LogP contribution in [0.15, 0.2) is 279 Å². The fourth-order valence-electron chi connectivity index (χ4n) is 10.8. The smallest absolute Gasteiger partial charge is 0.0619 e. The minimum atomic E-state index is 1.08. The molecule has 2 heteroatoms. The number of para-hydroxylation sites is 3. The van der Waals surface area contributed by atoms with Crippen molar-refractivity contribution in [2.45, 2.75) is 0 Å². The second kappa shape index (κ2) is 17.4. The van der Waals surface area contributed by atoms with Crippen LogP contribution in [0.2, 0.25) is 0 Å². The molecule has 0 aliphatic heterocycles. The van der Waals surface area contributed by atoms with Crippen LogP contribution in [-0.2, 0) is 0 Å². The van der Waals surface area contributed by atoms with E-state index in [4.69, 9.17) is 0 Å². The van der Waals surface area contributed by atoms with Crippen LogP contribution in [0, 0.1) is 0 Å². The zero-order valence-electron chi connectivity index (χ0n) is 38.5. The minimum Gasteiger partial charge on any atom is -0.310 e. The molecular formula is C68H46N2. The summed E-state index contributed by atoms with van der Waals surface area (Å²) in [5.74, 6) is 0. The Labute approximate surface area is 408 Å². The molecular weight excluding hydrogens is 845 g/mol. The van der Waals surface area contributed by atoms with Crippen molar-refractivity contribution in [2.75, 3.05) is 4.90 Å². The number of rotatable bonds is 9. The van der Waals surface area contributed by atoms with Crippen molar-refractivity contribution in [2.24, 2.45) is 0 Å². The Morgan fingerprint density at radius 1 is 0.243 bits per heavy atom. The molecule has 1 aromatic heterocycles. The zero-order valence-corrected chi connectivity index (χ0v) is 38.5. The molecule has 2 nitrogen and oxygen atoms in total. The third kappa shape index (κ3) is 7.13. The van der Waals surface area contributed by atoms with Gasteiger partial charge in [0.1, 0.15) is 0 Å². The second-order valence-electron chi connectivity index (χ2n) is 18.0. The predicted octanol–water partition coefficient (Wildman–Crippen LogP) is 18.9. The summed E-state index contributed by atoms with van der Waals surface area (Å²) in [5, 5.41) is 7.50. The number of nitrogens with zero attached hydrogens (tertiary/aromatic N) is 2. The molecule has 0 atom stereocenters. The molecule has 13 aromatic rings. The Kier molecular flexibility index (Phi) is 10.2. The van der Waals surface area contributed by atoms with Crippen molar-refractivity contribution in [3.63, 3.8) is 0 Å². The molecule has 12 aromatic carbocycles.